The summed E-state index contributed by atoms with van der Waals surface area (Å²) in [7, 11) is 3.14. The van der Waals surface area contributed by atoms with Crippen LogP contribution in [0.15, 0.2) is 77.5 Å². The monoisotopic (exact) mass is 500 g/mol. The molecule has 0 radical (unpaired) electrons. The lowest BCUT2D eigenvalue weighted by atomic mass is 10.2. The van der Waals surface area contributed by atoms with Crippen molar-refractivity contribution in [1.82, 2.24) is 14.5 Å². The number of amides is 2. The Morgan fingerprint density at radius 1 is 1.05 bits per heavy atom. The van der Waals surface area contributed by atoms with Gasteiger partial charge in [0.05, 0.1) is 38.4 Å². The summed E-state index contributed by atoms with van der Waals surface area (Å²) in [5.41, 5.74) is 2.32. The smallest absolute Gasteiger partial charge is 0.246 e. The van der Waals surface area contributed by atoms with Crippen LogP contribution in [0.3, 0.4) is 0 Å². The third kappa shape index (κ3) is 5.50. The lowest BCUT2D eigenvalue weighted by Gasteiger charge is -2.21. The van der Waals surface area contributed by atoms with Gasteiger partial charge in [0.2, 0.25) is 17.8 Å². The third-order valence-electron chi connectivity index (χ3n) is 6.17. The number of imidazole rings is 1. The van der Waals surface area contributed by atoms with E-state index in [1.165, 1.54) is 4.90 Å². The average Bonchev–Trinajstić information content (AvgIpc) is 3.49. The van der Waals surface area contributed by atoms with E-state index in [1.807, 2.05) is 48.7 Å². The van der Waals surface area contributed by atoms with Gasteiger partial charge in [-0.3, -0.25) is 19.5 Å². The van der Waals surface area contributed by atoms with E-state index in [1.54, 1.807) is 43.2 Å². The Hall–Kier alpha value is -4.53. The summed E-state index contributed by atoms with van der Waals surface area (Å²) in [5, 5.41) is 2.91. The second-order valence-electron chi connectivity index (χ2n) is 8.82. The topological polar surface area (TPSA) is 98.8 Å². The Morgan fingerprint density at radius 2 is 1.84 bits per heavy atom. The zero-order chi connectivity index (χ0) is 25.8. The number of aromatic nitrogens is 2. The quantitative estimate of drug-likeness (QED) is 0.344. The minimum Gasteiger partial charge on any atom is -0.493 e. The number of anilines is 1. The van der Waals surface area contributed by atoms with Crippen LogP contribution in [0.25, 0.3) is 16.9 Å². The number of nitrogens with one attached hydrogen (secondary N) is 1. The molecule has 5 rings (SSSR count). The summed E-state index contributed by atoms with van der Waals surface area (Å²) in [4.78, 5) is 32.3. The van der Waals surface area contributed by atoms with Gasteiger partial charge in [0.15, 0.2) is 11.5 Å². The summed E-state index contributed by atoms with van der Waals surface area (Å²) in [6.07, 6.45) is 5.10. The molecular formula is C28H28N4O5. The molecule has 1 aliphatic rings. The van der Waals surface area contributed by atoms with Crippen molar-refractivity contribution in [2.24, 2.45) is 5.92 Å². The number of ether oxygens (including phenoxy) is 2. The highest BCUT2D eigenvalue weighted by Crippen LogP contribution is 2.33. The van der Waals surface area contributed by atoms with Crippen molar-refractivity contribution < 1.29 is 23.5 Å². The third-order valence-corrected chi connectivity index (χ3v) is 6.17. The molecule has 2 aromatic heterocycles. The lowest BCUT2D eigenvalue weighted by Crippen LogP contribution is -2.38. The SMILES string of the molecule is COc1ccc(-n2cc(-c3ccccc3)nc2NC(=O)CN(Cc2ccco2)C(=O)C2CC2)cc1OC. The van der Waals surface area contributed by atoms with Gasteiger partial charge in [-0.05, 0) is 37.1 Å². The van der Waals surface area contributed by atoms with Crippen molar-refractivity contribution in [3.8, 4) is 28.4 Å². The van der Waals surface area contributed by atoms with Gasteiger partial charge < -0.3 is 18.8 Å². The maximum absolute atomic E-state index is 13.2. The zero-order valence-corrected chi connectivity index (χ0v) is 20.7. The predicted octanol–water partition coefficient (Wildman–Crippen LogP) is 4.53. The van der Waals surface area contributed by atoms with E-state index >= 15 is 0 Å². The molecule has 0 spiro atoms. The van der Waals surface area contributed by atoms with Gasteiger partial charge in [-0.15, -0.1) is 0 Å². The normalized spacial score (nSPS) is 12.7. The van der Waals surface area contributed by atoms with Gasteiger partial charge in [0, 0.05) is 23.7 Å². The van der Waals surface area contributed by atoms with Crippen LogP contribution in [0.5, 0.6) is 11.5 Å². The molecule has 1 saturated carbocycles. The van der Waals surface area contributed by atoms with Gasteiger partial charge in [0.1, 0.15) is 12.3 Å². The molecule has 37 heavy (non-hydrogen) atoms. The summed E-state index contributed by atoms with van der Waals surface area (Å²) < 4.78 is 18.0. The molecule has 9 nitrogen and oxygen atoms in total. The Morgan fingerprint density at radius 3 is 2.51 bits per heavy atom. The van der Waals surface area contributed by atoms with Gasteiger partial charge in [-0.25, -0.2) is 4.98 Å². The fourth-order valence-electron chi connectivity index (χ4n) is 4.12. The van der Waals surface area contributed by atoms with Crippen molar-refractivity contribution >= 4 is 17.8 Å². The van der Waals surface area contributed by atoms with E-state index in [2.05, 4.69) is 5.32 Å². The minimum atomic E-state index is -0.354. The van der Waals surface area contributed by atoms with Crippen molar-refractivity contribution in [3.63, 3.8) is 0 Å². The van der Waals surface area contributed by atoms with Crippen molar-refractivity contribution in [2.75, 3.05) is 26.1 Å². The van der Waals surface area contributed by atoms with Crippen molar-refractivity contribution in [3.05, 3.63) is 78.9 Å². The van der Waals surface area contributed by atoms with Crippen LogP contribution in [-0.4, -0.2) is 47.0 Å². The van der Waals surface area contributed by atoms with Crippen molar-refractivity contribution in [2.45, 2.75) is 19.4 Å². The molecule has 190 valence electrons. The lowest BCUT2D eigenvalue weighted by molar-refractivity contribution is -0.136. The van der Waals surface area contributed by atoms with Gasteiger partial charge in [-0.1, -0.05) is 30.3 Å². The highest BCUT2D eigenvalue weighted by molar-refractivity contribution is 5.94. The van der Waals surface area contributed by atoms with E-state index in [0.717, 1.165) is 24.1 Å². The van der Waals surface area contributed by atoms with E-state index in [9.17, 15) is 9.59 Å². The number of carbonyl (C=O) groups excluding carboxylic acids is 2. The van der Waals surface area contributed by atoms with E-state index < -0.39 is 0 Å². The second-order valence-corrected chi connectivity index (χ2v) is 8.82. The first kappa shape index (κ1) is 24.2. The number of carbonyl (C=O) groups is 2. The highest BCUT2D eigenvalue weighted by atomic mass is 16.5. The van der Waals surface area contributed by atoms with Crippen LogP contribution >= 0.6 is 0 Å². The van der Waals surface area contributed by atoms with Gasteiger partial charge in [0.25, 0.3) is 0 Å². The summed E-state index contributed by atoms with van der Waals surface area (Å²) in [6.45, 7) is 0.116. The first-order chi connectivity index (χ1) is 18.1. The fourth-order valence-corrected chi connectivity index (χ4v) is 4.12. The molecule has 1 fully saturated rings. The van der Waals surface area contributed by atoms with Crippen LogP contribution in [0, 0.1) is 5.92 Å². The number of nitrogens with zero attached hydrogens (tertiary/aromatic N) is 3. The summed E-state index contributed by atoms with van der Waals surface area (Å²) >= 11 is 0. The van der Waals surface area contributed by atoms with Crippen molar-refractivity contribution in [1.29, 1.82) is 0 Å². The molecular weight excluding hydrogens is 472 g/mol. The van der Waals surface area contributed by atoms with E-state index in [-0.39, 0.29) is 30.8 Å². The molecule has 2 heterocycles. The predicted molar refractivity (Wildman–Crippen MR) is 138 cm³/mol. The maximum atomic E-state index is 13.2. The Kier molecular flexibility index (Phi) is 6.93. The number of rotatable bonds is 10. The molecule has 1 N–H and O–H groups in total. The van der Waals surface area contributed by atoms with Crippen LogP contribution in [0.1, 0.15) is 18.6 Å². The van der Waals surface area contributed by atoms with E-state index in [0.29, 0.717) is 28.9 Å². The molecule has 2 amide bonds. The minimum absolute atomic E-state index is 0.0267. The number of hydrogen-bond acceptors (Lipinski definition) is 6. The Bertz CT molecular complexity index is 1380. The summed E-state index contributed by atoms with van der Waals surface area (Å²) in [6, 6.07) is 18.7. The number of methoxy groups -OCH3 is 2. The van der Waals surface area contributed by atoms with Crippen LogP contribution in [0.4, 0.5) is 5.95 Å². The summed E-state index contributed by atoms with van der Waals surface area (Å²) in [5.74, 6) is 1.67. The second kappa shape index (κ2) is 10.6. The number of furan rings is 1. The largest absolute Gasteiger partial charge is 0.493 e. The molecule has 9 heteroatoms. The van der Waals surface area contributed by atoms with Crippen LogP contribution < -0.4 is 14.8 Å². The first-order valence-corrected chi connectivity index (χ1v) is 12.0. The fraction of sp³-hybridized carbons (Fsp3) is 0.250. The van der Waals surface area contributed by atoms with E-state index in [4.69, 9.17) is 18.9 Å². The first-order valence-electron chi connectivity index (χ1n) is 12.0. The van der Waals surface area contributed by atoms with Crippen LogP contribution in [-0.2, 0) is 16.1 Å². The molecule has 0 aliphatic heterocycles. The van der Waals surface area contributed by atoms with Gasteiger partial charge in [-0.2, -0.15) is 0 Å². The van der Waals surface area contributed by atoms with Crippen LogP contribution in [0.2, 0.25) is 0 Å². The number of hydrogen-bond donors (Lipinski definition) is 1. The molecule has 1 aliphatic carbocycles. The average molecular weight is 501 g/mol. The molecule has 2 aromatic carbocycles. The highest BCUT2D eigenvalue weighted by Gasteiger charge is 2.34. The van der Waals surface area contributed by atoms with Gasteiger partial charge >= 0.3 is 0 Å². The molecule has 0 atom stereocenters. The maximum Gasteiger partial charge on any atom is 0.246 e. The molecule has 0 bridgehead atoms. The standard InChI is InChI=1S/C28H28N4O5/c1-35-24-13-12-21(15-25(24)36-2)32-17-23(19-7-4-3-5-8-19)29-28(32)30-26(33)18-31(27(34)20-10-11-20)16-22-9-6-14-37-22/h3-9,12-15,17,20H,10-11,16,18H2,1-2H3,(H,29,30,33). The Labute approximate surface area is 214 Å². The Balaban J connectivity index is 1.44. The molecule has 0 saturated heterocycles. The zero-order valence-electron chi connectivity index (χ0n) is 20.7. The number of benzene rings is 2. The molecule has 0 unspecified atom stereocenters. The molecule has 4 aromatic rings.